The molecule has 2 N–H and O–H groups in total. The average Bonchev–Trinajstić information content (AvgIpc) is 2.58. The first kappa shape index (κ1) is 19.4. The van der Waals surface area contributed by atoms with E-state index in [2.05, 4.69) is 10.3 Å². The number of piperidine rings is 1. The number of hydrogen-bond acceptors (Lipinski definition) is 5. The van der Waals surface area contributed by atoms with E-state index < -0.39 is 18.2 Å². The number of amides is 1. The number of pyridine rings is 1. The molecule has 7 nitrogen and oxygen atoms in total. The fraction of sp³-hybridized carbons (Fsp3) is 0.562. The van der Waals surface area contributed by atoms with Crippen molar-refractivity contribution in [3.8, 4) is 5.88 Å². The zero-order chi connectivity index (χ0) is 18.6. The molecular formula is C16H21ClFN3O4. The van der Waals surface area contributed by atoms with E-state index in [9.17, 15) is 9.18 Å². The summed E-state index contributed by atoms with van der Waals surface area (Å²) in [6, 6.07) is 1.94. The van der Waals surface area contributed by atoms with Crippen LogP contribution in [0, 0.1) is 0 Å². The van der Waals surface area contributed by atoms with Gasteiger partial charge in [-0.15, -0.1) is 0 Å². The van der Waals surface area contributed by atoms with Crippen molar-refractivity contribution < 1.29 is 23.8 Å². The summed E-state index contributed by atoms with van der Waals surface area (Å²) in [4.78, 5) is 27.8. The van der Waals surface area contributed by atoms with Gasteiger partial charge in [0.15, 0.2) is 12.3 Å². The van der Waals surface area contributed by atoms with E-state index in [1.165, 1.54) is 0 Å². The summed E-state index contributed by atoms with van der Waals surface area (Å²) < 4.78 is 16.2. The molecule has 2 aliphatic rings. The number of fused-ring (bicyclic) bond motifs is 1. The largest absolute Gasteiger partial charge is 0.479 e. The van der Waals surface area contributed by atoms with Crippen LogP contribution >= 0.6 is 11.6 Å². The lowest BCUT2D eigenvalue weighted by atomic mass is 9.98. The normalized spacial score (nSPS) is 19.4. The lowest BCUT2D eigenvalue weighted by Gasteiger charge is -2.43. The van der Waals surface area contributed by atoms with E-state index in [-0.39, 0.29) is 11.9 Å². The van der Waals surface area contributed by atoms with Gasteiger partial charge in [-0.05, 0) is 45.8 Å². The molecule has 0 unspecified atom stereocenters. The molecule has 1 saturated heterocycles. The van der Waals surface area contributed by atoms with E-state index in [0.717, 1.165) is 25.9 Å². The Kier molecular flexibility index (Phi) is 6.18. The van der Waals surface area contributed by atoms with Gasteiger partial charge in [0.2, 0.25) is 5.88 Å². The molecule has 2 aliphatic heterocycles. The van der Waals surface area contributed by atoms with E-state index in [1.807, 2.05) is 4.90 Å². The fourth-order valence-electron chi connectivity index (χ4n) is 2.78. The Balaban J connectivity index is 0.000000399. The van der Waals surface area contributed by atoms with Gasteiger partial charge in [0.25, 0.3) is 5.91 Å². The number of alkyl halides is 1. The first-order valence-corrected chi connectivity index (χ1v) is 8.30. The lowest BCUT2D eigenvalue weighted by molar-refractivity contribution is -0.138. The Morgan fingerprint density at radius 3 is 2.68 bits per heavy atom. The van der Waals surface area contributed by atoms with Crippen LogP contribution in [0.15, 0.2) is 12.3 Å². The van der Waals surface area contributed by atoms with Gasteiger partial charge in [-0.3, -0.25) is 4.79 Å². The molecule has 0 aromatic carbocycles. The fourth-order valence-corrected chi connectivity index (χ4v) is 2.93. The van der Waals surface area contributed by atoms with Crippen molar-refractivity contribution in [3.63, 3.8) is 0 Å². The number of nitrogens with one attached hydrogen (secondary N) is 1. The second kappa shape index (κ2) is 7.97. The predicted octanol–water partition coefficient (Wildman–Crippen LogP) is 2.03. The highest BCUT2D eigenvalue weighted by atomic mass is 35.5. The van der Waals surface area contributed by atoms with Crippen LogP contribution < -0.4 is 15.0 Å². The monoisotopic (exact) mass is 373 g/mol. The number of aliphatic carboxylic acids is 1. The second-order valence-corrected chi connectivity index (χ2v) is 6.71. The van der Waals surface area contributed by atoms with E-state index in [0.29, 0.717) is 16.6 Å². The van der Waals surface area contributed by atoms with Gasteiger partial charge in [-0.2, -0.15) is 0 Å². The van der Waals surface area contributed by atoms with Crippen molar-refractivity contribution in [1.29, 1.82) is 0 Å². The van der Waals surface area contributed by atoms with E-state index >= 15 is 0 Å². The van der Waals surface area contributed by atoms with Crippen LogP contribution in [0.3, 0.4) is 0 Å². The Bertz CT molecular complexity index is 650. The minimum Gasteiger partial charge on any atom is -0.479 e. The number of carbonyl (C=O) groups is 2. The van der Waals surface area contributed by atoms with Crippen molar-refractivity contribution in [1.82, 2.24) is 10.3 Å². The Labute approximate surface area is 150 Å². The summed E-state index contributed by atoms with van der Waals surface area (Å²) in [5.74, 6) is -0.955. The maximum absolute atomic E-state index is 12.7. The van der Waals surface area contributed by atoms with Gasteiger partial charge in [0.05, 0.1) is 5.02 Å². The summed E-state index contributed by atoms with van der Waals surface area (Å²) >= 11 is 6.03. The number of rotatable bonds is 2. The molecule has 1 fully saturated rings. The summed E-state index contributed by atoms with van der Waals surface area (Å²) in [5, 5.41) is 11.2. The minimum atomic E-state index is -1.41. The highest BCUT2D eigenvalue weighted by Crippen LogP contribution is 2.39. The number of aromatic nitrogens is 1. The van der Waals surface area contributed by atoms with E-state index in [1.54, 1.807) is 26.1 Å². The smallest absolute Gasteiger partial charge is 0.335 e. The van der Waals surface area contributed by atoms with Gasteiger partial charge >= 0.3 is 5.97 Å². The molecule has 9 heteroatoms. The molecule has 0 spiro atoms. The molecule has 1 amide bonds. The van der Waals surface area contributed by atoms with Crippen LogP contribution in [0.25, 0.3) is 0 Å². The minimum absolute atomic E-state index is 0.0269. The number of carboxylic acid groups (broad SMARTS) is 1. The van der Waals surface area contributed by atoms with Crippen molar-refractivity contribution >= 4 is 29.2 Å². The van der Waals surface area contributed by atoms with Crippen molar-refractivity contribution in [2.45, 2.75) is 38.3 Å². The molecule has 3 heterocycles. The van der Waals surface area contributed by atoms with Gasteiger partial charge in [-0.1, -0.05) is 11.6 Å². The first-order valence-electron chi connectivity index (χ1n) is 7.93. The van der Waals surface area contributed by atoms with Crippen LogP contribution in [-0.4, -0.2) is 53.4 Å². The van der Waals surface area contributed by atoms with Crippen LogP contribution in [0.5, 0.6) is 5.88 Å². The van der Waals surface area contributed by atoms with Crippen LogP contribution in [0.1, 0.15) is 26.7 Å². The Morgan fingerprint density at radius 1 is 1.52 bits per heavy atom. The Hall–Kier alpha value is -1.93. The molecule has 25 heavy (non-hydrogen) atoms. The van der Waals surface area contributed by atoms with E-state index in [4.69, 9.17) is 26.2 Å². The molecule has 0 saturated carbocycles. The van der Waals surface area contributed by atoms with Crippen molar-refractivity contribution in [2.75, 3.05) is 24.7 Å². The number of nitrogens with zero attached hydrogens (tertiary/aromatic N) is 2. The third-order valence-corrected chi connectivity index (χ3v) is 4.14. The summed E-state index contributed by atoms with van der Waals surface area (Å²) in [7, 11) is 0. The average molecular weight is 374 g/mol. The standard InChI is InChI=1S/C14H18ClN3O2.C2H3FO2/c1-14(2)13(19)18(10-3-5-16-6-4-10)11-7-9(15)8-17-12(11)20-14;3-1-2(4)5/h7-8,10,16H,3-6H2,1-2H3;1H2,(H,4,5). The number of halogens is 2. The van der Waals surface area contributed by atoms with Gasteiger partial charge in [0, 0.05) is 12.2 Å². The zero-order valence-electron chi connectivity index (χ0n) is 14.1. The molecule has 0 bridgehead atoms. The maximum atomic E-state index is 12.7. The van der Waals surface area contributed by atoms with Crippen molar-refractivity contribution in [3.05, 3.63) is 17.3 Å². The second-order valence-electron chi connectivity index (χ2n) is 6.27. The summed E-state index contributed by atoms with van der Waals surface area (Å²) in [6.45, 7) is 4.11. The molecule has 0 aliphatic carbocycles. The number of hydrogen-bond donors (Lipinski definition) is 2. The summed E-state index contributed by atoms with van der Waals surface area (Å²) in [5.41, 5.74) is -0.202. The van der Waals surface area contributed by atoms with Crippen LogP contribution in [0.2, 0.25) is 5.02 Å². The summed E-state index contributed by atoms with van der Waals surface area (Å²) in [6.07, 6.45) is 3.40. The number of ether oxygens (including phenoxy) is 1. The molecule has 138 valence electrons. The number of carbonyl (C=O) groups excluding carboxylic acids is 1. The lowest BCUT2D eigenvalue weighted by Crippen LogP contribution is -2.57. The highest BCUT2D eigenvalue weighted by molar-refractivity contribution is 6.30. The van der Waals surface area contributed by atoms with Gasteiger partial charge in [-0.25, -0.2) is 14.2 Å². The molecular weight excluding hydrogens is 353 g/mol. The third-order valence-electron chi connectivity index (χ3n) is 3.93. The molecule has 1 aromatic heterocycles. The van der Waals surface area contributed by atoms with Crippen molar-refractivity contribution in [2.24, 2.45) is 0 Å². The Morgan fingerprint density at radius 2 is 2.12 bits per heavy atom. The van der Waals surface area contributed by atoms with Gasteiger partial charge in [0.1, 0.15) is 5.69 Å². The topological polar surface area (TPSA) is 91.8 Å². The molecule has 0 radical (unpaired) electrons. The van der Waals surface area contributed by atoms with Crippen LogP contribution in [0.4, 0.5) is 10.1 Å². The third kappa shape index (κ3) is 4.58. The predicted molar refractivity (Wildman–Crippen MR) is 90.9 cm³/mol. The zero-order valence-corrected chi connectivity index (χ0v) is 14.8. The quantitative estimate of drug-likeness (QED) is 0.824. The highest BCUT2D eigenvalue weighted by Gasteiger charge is 2.44. The first-order chi connectivity index (χ1) is 11.8. The van der Waals surface area contributed by atoms with Gasteiger partial charge < -0.3 is 20.1 Å². The number of anilines is 1. The maximum Gasteiger partial charge on any atom is 0.335 e. The molecule has 0 atom stereocenters. The number of carboxylic acids is 1. The molecule has 3 rings (SSSR count). The SMILES string of the molecule is CC1(C)Oc2ncc(Cl)cc2N(C2CCNCC2)C1=O.O=C(O)CF. The van der Waals surface area contributed by atoms with Crippen LogP contribution in [-0.2, 0) is 9.59 Å². The molecule has 1 aromatic rings.